The Kier molecular flexibility index (Phi) is 4.10. The molecule has 1 aromatic carbocycles. The normalized spacial score (nSPS) is 10.5. The fraction of sp³-hybridized carbons (Fsp3) is 0.400. The molecule has 0 unspecified atom stereocenters. The molecule has 2 rings (SSSR count). The number of aromatic nitrogens is 2. The number of methoxy groups -OCH3 is 1. The van der Waals surface area contributed by atoms with Crippen LogP contribution in [0.4, 0.5) is 5.95 Å². The molecule has 1 N–H and O–H groups in total. The molecule has 1 aromatic heterocycles. The molecule has 0 radical (unpaired) electrons. The molecule has 0 saturated heterocycles. The predicted molar refractivity (Wildman–Crippen MR) is 78.4 cm³/mol. The maximum Gasteiger partial charge on any atom is 0.207 e. The van der Waals surface area contributed by atoms with Crippen molar-refractivity contribution in [2.75, 3.05) is 19.0 Å². The minimum Gasteiger partial charge on any atom is -0.495 e. The largest absolute Gasteiger partial charge is 0.495 e. The molecule has 0 spiro atoms. The van der Waals surface area contributed by atoms with Crippen molar-refractivity contribution >= 4 is 5.95 Å². The monoisotopic (exact) mass is 259 g/mol. The van der Waals surface area contributed by atoms with Gasteiger partial charge in [-0.3, -0.25) is 4.57 Å². The lowest BCUT2D eigenvalue weighted by molar-refractivity contribution is 0.413. The van der Waals surface area contributed by atoms with Crippen molar-refractivity contribution in [1.29, 1.82) is 0 Å². The standard InChI is InChI=1S/C15H21N3O/c1-5-8-16-15-17-12(3)10-18(15)13-9-11(2)6-7-14(13)19-4/h6-7,9-10H,5,8H2,1-4H3,(H,16,17). The molecule has 2 aromatic rings. The third kappa shape index (κ3) is 2.89. The van der Waals surface area contributed by atoms with Gasteiger partial charge < -0.3 is 10.1 Å². The Balaban J connectivity index is 2.48. The highest BCUT2D eigenvalue weighted by atomic mass is 16.5. The van der Waals surface area contributed by atoms with Crippen LogP contribution in [-0.4, -0.2) is 23.2 Å². The number of rotatable bonds is 5. The fourth-order valence-corrected chi connectivity index (χ4v) is 2.03. The Bertz CT molecular complexity index is 561. The Morgan fingerprint density at radius 1 is 1.32 bits per heavy atom. The van der Waals surface area contributed by atoms with Gasteiger partial charge >= 0.3 is 0 Å². The molecule has 0 aliphatic carbocycles. The molecule has 0 fully saturated rings. The van der Waals surface area contributed by atoms with E-state index >= 15 is 0 Å². The molecule has 4 nitrogen and oxygen atoms in total. The molecular weight excluding hydrogens is 238 g/mol. The summed E-state index contributed by atoms with van der Waals surface area (Å²) in [6.07, 6.45) is 3.09. The number of hydrogen-bond donors (Lipinski definition) is 1. The van der Waals surface area contributed by atoms with Crippen LogP contribution in [0, 0.1) is 13.8 Å². The summed E-state index contributed by atoms with van der Waals surface area (Å²) in [7, 11) is 1.69. The molecule has 4 heteroatoms. The Morgan fingerprint density at radius 3 is 2.79 bits per heavy atom. The van der Waals surface area contributed by atoms with Gasteiger partial charge in [0.2, 0.25) is 5.95 Å². The highest BCUT2D eigenvalue weighted by molar-refractivity contribution is 5.53. The molecule has 0 atom stereocenters. The van der Waals surface area contributed by atoms with Crippen molar-refractivity contribution in [2.24, 2.45) is 0 Å². The minimum absolute atomic E-state index is 0.850. The van der Waals surface area contributed by atoms with Crippen LogP contribution < -0.4 is 10.1 Å². The second-order valence-electron chi connectivity index (χ2n) is 4.68. The van der Waals surface area contributed by atoms with Crippen molar-refractivity contribution in [1.82, 2.24) is 9.55 Å². The summed E-state index contributed by atoms with van der Waals surface area (Å²) < 4.78 is 7.50. The van der Waals surface area contributed by atoms with E-state index in [1.54, 1.807) is 7.11 Å². The maximum atomic E-state index is 5.45. The van der Waals surface area contributed by atoms with E-state index in [0.29, 0.717) is 0 Å². The van der Waals surface area contributed by atoms with E-state index in [-0.39, 0.29) is 0 Å². The zero-order valence-corrected chi connectivity index (χ0v) is 12.0. The van der Waals surface area contributed by atoms with E-state index < -0.39 is 0 Å². The van der Waals surface area contributed by atoms with Crippen LogP contribution in [-0.2, 0) is 0 Å². The summed E-state index contributed by atoms with van der Waals surface area (Å²) in [5, 5.41) is 3.35. The van der Waals surface area contributed by atoms with E-state index in [1.165, 1.54) is 5.56 Å². The topological polar surface area (TPSA) is 39.1 Å². The molecule has 0 saturated carbocycles. The first-order valence-corrected chi connectivity index (χ1v) is 6.60. The number of nitrogens with zero attached hydrogens (tertiary/aromatic N) is 2. The third-order valence-corrected chi connectivity index (χ3v) is 2.95. The number of hydrogen-bond acceptors (Lipinski definition) is 3. The van der Waals surface area contributed by atoms with Crippen molar-refractivity contribution in [3.8, 4) is 11.4 Å². The molecule has 0 bridgehead atoms. The van der Waals surface area contributed by atoms with Crippen LogP contribution in [0.25, 0.3) is 5.69 Å². The smallest absolute Gasteiger partial charge is 0.207 e. The van der Waals surface area contributed by atoms with E-state index in [9.17, 15) is 0 Å². The quantitative estimate of drug-likeness (QED) is 0.895. The average molecular weight is 259 g/mol. The van der Waals surface area contributed by atoms with Crippen LogP contribution in [0.2, 0.25) is 0 Å². The number of aryl methyl sites for hydroxylation is 2. The molecule has 0 aliphatic rings. The summed E-state index contributed by atoms with van der Waals surface area (Å²) >= 11 is 0. The summed E-state index contributed by atoms with van der Waals surface area (Å²) in [4.78, 5) is 4.53. The van der Waals surface area contributed by atoms with Gasteiger partial charge in [-0.25, -0.2) is 4.98 Å². The van der Waals surface area contributed by atoms with E-state index in [1.807, 2.05) is 25.3 Å². The number of ether oxygens (including phenoxy) is 1. The van der Waals surface area contributed by atoms with Crippen LogP contribution in [0.1, 0.15) is 24.6 Å². The van der Waals surface area contributed by atoms with E-state index in [4.69, 9.17) is 4.74 Å². The lowest BCUT2D eigenvalue weighted by Crippen LogP contribution is -2.07. The van der Waals surface area contributed by atoms with Crippen molar-refractivity contribution in [2.45, 2.75) is 27.2 Å². The molecular formula is C15H21N3O. The molecule has 19 heavy (non-hydrogen) atoms. The second kappa shape index (κ2) is 5.78. The lowest BCUT2D eigenvalue weighted by atomic mass is 10.2. The van der Waals surface area contributed by atoms with Crippen LogP contribution in [0.15, 0.2) is 24.4 Å². The summed E-state index contributed by atoms with van der Waals surface area (Å²) in [5.74, 6) is 1.71. The average Bonchev–Trinajstić information content (AvgIpc) is 2.77. The third-order valence-electron chi connectivity index (χ3n) is 2.95. The number of benzene rings is 1. The first-order valence-electron chi connectivity index (χ1n) is 6.60. The molecule has 0 aliphatic heterocycles. The SMILES string of the molecule is CCCNc1nc(C)cn1-c1cc(C)ccc1OC. The van der Waals surface area contributed by atoms with Gasteiger partial charge in [-0.1, -0.05) is 13.0 Å². The fourth-order valence-electron chi connectivity index (χ4n) is 2.03. The predicted octanol–water partition coefficient (Wildman–Crippen LogP) is 3.32. The highest BCUT2D eigenvalue weighted by Crippen LogP contribution is 2.27. The van der Waals surface area contributed by atoms with E-state index in [0.717, 1.165) is 36.0 Å². The summed E-state index contributed by atoms with van der Waals surface area (Å²) in [6.45, 7) is 7.12. The summed E-state index contributed by atoms with van der Waals surface area (Å²) in [6, 6.07) is 6.14. The molecule has 0 amide bonds. The lowest BCUT2D eigenvalue weighted by Gasteiger charge is -2.13. The Hall–Kier alpha value is -1.97. The number of anilines is 1. The zero-order chi connectivity index (χ0) is 13.8. The van der Waals surface area contributed by atoms with Crippen molar-refractivity contribution in [3.63, 3.8) is 0 Å². The Morgan fingerprint density at radius 2 is 2.11 bits per heavy atom. The van der Waals surface area contributed by atoms with Crippen LogP contribution >= 0.6 is 0 Å². The minimum atomic E-state index is 0.850. The van der Waals surface area contributed by atoms with Gasteiger partial charge in [-0.2, -0.15) is 0 Å². The van der Waals surface area contributed by atoms with Gasteiger partial charge in [-0.05, 0) is 38.0 Å². The van der Waals surface area contributed by atoms with Crippen molar-refractivity contribution < 1.29 is 4.74 Å². The second-order valence-corrected chi connectivity index (χ2v) is 4.68. The van der Waals surface area contributed by atoms with Gasteiger partial charge in [0.05, 0.1) is 18.5 Å². The molecule has 1 heterocycles. The maximum absolute atomic E-state index is 5.45. The van der Waals surface area contributed by atoms with Gasteiger partial charge in [0.15, 0.2) is 0 Å². The number of imidazole rings is 1. The first kappa shape index (κ1) is 13.5. The highest BCUT2D eigenvalue weighted by Gasteiger charge is 2.11. The summed E-state index contributed by atoms with van der Waals surface area (Å²) in [5.41, 5.74) is 3.20. The van der Waals surface area contributed by atoms with Gasteiger partial charge in [0.25, 0.3) is 0 Å². The number of nitrogens with one attached hydrogen (secondary N) is 1. The van der Waals surface area contributed by atoms with Gasteiger partial charge in [-0.15, -0.1) is 0 Å². The molecule has 102 valence electrons. The van der Waals surface area contributed by atoms with E-state index in [2.05, 4.69) is 34.8 Å². The van der Waals surface area contributed by atoms with Crippen LogP contribution in [0.3, 0.4) is 0 Å². The van der Waals surface area contributed by atoms with Gasteiger partial charge in [0.1, 0.15) is 5.75 Å². The first-order chi connectivity index (χ1) is 9.15. The van der Waals surface area contributed by atoms with Crippen molar-refractivity contribution in [3.05, 3.63) is 35.7 Å². The van der Waals surface area contributed by atoms with Gasteiger partial charge in [0, 0.05) is 12.7 Å². The zero-order valence-electron chi connectivity index (χ0n) is 12.0. The van der Waals surface area contributed by atoms with Crippen LogP contribution in [0.5, 0.6) is 5.75 Å². The Labute approximate surface area is 114 Å².